The maximum absolute atomic E-state index is 12.6. The summed E-state index contributed by atoms with van der Waals surface area (Å²) >= 11 is 0. The van der Waals surface area contributed by atoms with E-state index in [2.05, 4.69) is 58.5 Å². The van der Waals surface area contributed by atoms with E-state index in [4.69, 9.17) is 0 Å². The number of para-hydroxylation sites is 2. The second-order valence-electron chi connectivity index (χ2n) is 7.33. The number of hydrogen-bond donors (Lipinski definition) is 0. The number of rotatable bonds is 5. The largest absolute Gasteiger partial charge is 0.341 e. The molecule has 1 aliphatic rings. The van der Waals surface area contributed by atoms with Gasteiger partial charge in [0, 0.05) is 44.8 Å². The summed E-state index contributed by atoms with van der Waals surface area (Å²) in [5, 5.41) is 4.10. The van der Waals surface area contributed by atoms with Crippen molar-refractivity contribution in [1.82, 2.24) is 14.7 Å². The lowest BCUT2D eigenvalue weighted by Crippen LogP contribution is -2.31. The van der Waals surface area contributed by atoms with E-state index in [0.29, 0.717) is 12.2 Å². The van der Waals surface area contributed by atoms with Crippen molar-refractivity contribution in [3.05, 3.63) is 77.6 Å². The molecule has 2 aromatic carbocycles. The van der Waals surface area contributed by atoms with Crippen molar-refractivity contribution in [2.24, 2.45) is 7.05 Å². The van der Waals surface area contributed by atoms with Crippen molar-refractivity contribution < 1.29 is 4.79 Å². The molecule has 1 aliphatic heterocycles. The van der Waals surface area contributed by atoms with Crippen LogP contribution in [0.15, 0.2) is 60.8 Å². The van der Waals surface area contributed by atoms with Gasteiger partial charge in [-0.1, -0.05) is 36.4 Å². The van der Waals surface area contributed by atoms with Gasteiger partial charge < -0.3 is 9.80 Å². The van der Waals surface area contributed by atoms with Gasteiger partial charge in [-0.3, -0.25) is 9.48 Å². The van der Waals surface area contributed by atoms with Crippen LogP contribution in [-0.2, 0) is 19.9 Å². The van der Waals surface area contributed by atoms with E-state index in [-0.39, 0.29) is 5.91 Å². The van der Waals surface area contributed by atoms with Gasteiger partial charge in [-0.15, -0.1) is 0 Å². The minimum atomic E-state index is 0.0108. The molecule has 1 aromatic heterocycles. The highest BCUT2D eigenvalue weighted by molar-refractivity contribution is 5.92. The van der Waals surface area contributed by atoms with Crippen molar-refractivity contribution in [2.75, 3.05) is 25.0 Å². The molecule has 5 heteroatoms. The normalized spacial score (nSPS) is 12.9. The zero-order valence-electron chi connectivity index (χ0n) is 16.5. The average molecular weight is 374 g/mol. The second-order valence-corrected chi connectivity index (χ2v) is 7.33. The molecule has 3 aromatic rings. The Morgan fingerprint density at radius 3 is 2.18 bits per heavy atom. The molecule has 0 atom stereocenters. The zero-order valence-corrected chi connectivity index (χ0v) is 16.5. The number of aryl methyl sites for hydroxylation is 3. The van der Waals surface area contributed by atoms with E-state index in [9.17, 15) is 4.79 Å². The zero-order chi connectivity index (χ0) is 19.5. The third-order valence-electron chi connectivity index (χ3n) is 5.49. The Morgan fingerprint density at radius 1 is 1.00 bits per heavy atom. The minimum absolute atomic E-state index is 0.0108. The Bertz CT molecular complexity index is 930. The average Bonchev–Trinajstić information content (AvgIpc) is 3.08. The van der Waals surface area contributed by atoms with E-state index in [0.717, 1.165) is 25.8 Å². The quantitative estimate of drug-likeness (QED) is 0.682. The fraction of sp³-hybridized carbons (Fsp3) is 0.304. The van der Waals surface area contributed by atoms with Crippen LogP contribution in [0.25, 0.3) is 0 Å². The summed E-state index contributed by atoms with van der Waals surface area (Å²) in [6, 6.07) is 19.1. The van der Waals surface area contributed by atoms with Crippen LogP contribution in [-0.4, -0.2) is 40.7 Å². The Hall–Kier alpha value is -3.08. The summed E-state index contributed by atoms with van der Waals surface area (Å²) in [7, 11) is 3.66. The molecule has 0 N–H and O–H groups in total. The fourth-order valence-corrected chi connectivity index (χ4v) is 3.96. The Morgan fingerprint density at radius 2 is 1.61 bits per heavy atom. The van der Waals surface area contributed by atoms with E-state index in [1.54, 1.807) is 28.9 Å². The van der Waals surface area contributed by atoms with Gasteiger partial charge in [-0.25, -0.2) is 0 Å². The molecule has 0 bridgehead atoms. The van der Waals surface area contributed by atoms with E-state index >= 15 is 0 Å². The summed E-state index contributed by atoms with van der Waals surface area (Å²) in [5.74, 6) is 0.0108. The van der Waals surface area contributed by atoms with Crippen LogP contribution in [0.5, 0.6) is 0 Å². The van der Waals surface area contributed by atoms with Crippen LogP contribution >= 0.6 is 0 Å². The molecule has 4 rings (SSSR count). The first-order valence-electron chi connectivity index (χ1n) is 9.82. The fourth-order valence-electron chi connectivity index (χ4n) is 3.96. The number of benzene rings is 2. The lowest BCUT2D eigenvalue weighted by molar-refractivity contribution is 0.0783. The Labute approximate surface area is 166 Å². The Balaban J connectivity index is 1.50. The number of anilines is 2. The summed E-state index contributed by atoms with van der Waals surface area (Å²) < 4.78 is 1.63. The topological polar surface area (TPSA) is 41.4 Å². The van der Waals surface area contributed by atoms with Gasteiger partial charge in [-0.2, -0.15) is 5.10 Å². The summed E-state index contributed by atoms with van der Waals surface area (Å²) in [6.07, 6.45) is 4.67. The molecule has 1 amide bonds. The lowest BCUT2D eigenvalue weighted by atomic mass is 10.0. The number of nitrogens with zero attached hydrogens (tertiary/aromatic N) is 4. The minimum Gasteiger partial charge on any atom is -0.341 e. The van der Waals surface area contributed by atoms with E-state index in [1.807, 2.05) is 7.05 Å². The highest BCUT2D eigenvalue weighted by Gasteiger charge is 2.20. The number of fused-ring (bicyclic) bond motifs is 2. The lowest BCUT2D eigenvalue weighted by Gasteiger charge is -2.28. The first kappa shape index (κ1) is 18.3. The summed E-state index contributed by atoms with van der Waals surface area (Å²) in [4.78, 5) is 16.8. The van der Waals surface area contributed by atoms with Gasteiger partial charge in [0.1, 0.15) is 5.69 Å². The van der Waals surface area contributed by atoms with Crippen molar-refractivity contribution in [3.63, 3.8) is 0 Å². The van der Waals surface area contributed by atoms with Gasteiger partial charge >= 0.3 is 0 Å². The predicted octanol–water partition coefficient (Wildman–Crippen LogP) is 3.82. The van der Waals surface area contributed by atoms with Crippen molar-refractivity contribution in [1.29, 1.82) is 0 Å². The highest BCUT2D eigenvalue weighted by atomic mass is 16.2. The molecule has 0 saturated heterocycles. The maximum atomic E-state index is 12.6. The van der Waals surface area contributed by atoms with Crippen LogP contribution in [0.4, 0.5) is 11.4 Å². The van der Waals surface area contributed by atoms with Gasteiger partial charge in [0.2, 0.25) is 0 Å². The molecule has 5 nitrogen and oxygen atoms in total. The second kappa shape index (κ2) is 7.89. The van der Waals surface area contributed by atoms with Crippen LogP contribution < -0.4 is 4.90 Å². The number of carbonyl (C=O) groups excluding carboxylic acids is 1. The predicted molar refractivity (Wildman–Crippen MR) is 112 cm³/mol. The molecule has 144 valence electrons. The van der Waals surface area contributed by atoms with Crippen molar-refractivity contribution >= 4 is 17.3 Å². The standard InChI is InChI=1S/C23H26N4O/c1-25(23(28)22-14-15-24-26(22)2)16-7-17-27-20-10-5-3-8-18(20)12-13-19-9-4-6-11-21(19)27/h3-6,8-11,14-15H,7,12-13,16-17H2,1-2H3. The summed E-state index contributed by atoms with van der Waals surface area (Å²) in [5.41, 5.74) is 5.96. The van der Waals surface area contributed by atoms with Gasteiger partial charge in [0.05, 0.1) is 0 Å². The molecule has 0 fully saturated rings. The molecule has 0 aliphatic carbocycles. The van der Waals surface area contributed by atoms with Crippen LogP contribution in [0.3, 0.4) is 0 Å². The SMILES string of the molecule is CN(CCCN1c2ccccc2CCc2ccccc21)C(=O)c1ccnn1C. The molecule has 2 heterocycles. The molecule has 0 unspecified atom stereocenters. The van der Waals surface area contributed by atoms with Crippen LogP contribution in [0.1, 0.15) is 28.0 Å². The molecule has 28 heavy (non-hydrogen) atoms. The third-order valence-corrected chi connectivity index (χ3v) is 5.49. The summed E-state index contributed by atoms with van der Waals surface area (Å²) in [6.45, 7) is 1.57. The monoisotopic (exact) mass is 374 g/mol. The third kappa shape index (κ3) is 3.52. The molecular formula is C23H26N4O. The first-order valence-corrected chi connectivity index (χ1v) is 9.82. The Kier molecular flexibility index (Phi) is 5.15. The number of hydrogen-bond acceptors (Lipinski definition) is 3. The first-order chi connectivity index (χ1) is 13.6. The molecular weight excluding hydrogens is 348 g/mol. The van der Waals surface area contributed by atoms with Crippen molar-refractivity contribution in [2.45, 2.75) is 19.3 Å². The smallest absolute Gasteiger partial charge is 0.271 e. The van der Waals surface area contributed by atoms with E-state index in [1.165, 1.54) is 22.5 Å². The van der Waals surface area contributed by atoms with Gasteiger partial charge in [0.25, 0.3) is 5.91 Å². The number of carbonyl (C=O) groups is 1. The highest BCUT2D eigenvalue weighted by Crippen LogP contribution is 2.35. The molecule has 0 spiro atoms. The maximum Gasteiger partial charge on any atom is 0.271 e. The van der Waals surface area contributed by atoms with E-state index < -0.39 is 0 Å². The van der Waals surface area contributed by atoms with Gasteiger partial charge in [0.15, 0.2) is 0 Å². The van der Waals surface area contributed by atoms with Gasteiger partial charge in [-0.05, 0) is 48.6 Å². The number of aromatic nitrogens is 2. The molecule has 0 saturated carbocycles. The van der Waals surface area contributed by atoms with Crippen molar-refractivity contribution in [3.8, 4) is 0 Å². The van der Waals surface area contributed by atoms with Crippen LogP contribution in [0.2, 0.25) is 0 Å². The number of amides is 1. The van der Waals surface area contributed by atoms with Crippen LogP contribution in [0, 0.1) is 0 Å². The molecule has 0 radical (unpaired) electrons.